The zero-order valence-corrected chi connectivity index (χ0v) is 24.9. The topological polar surface area (TPSA) is 76.6 Å². The molecule has 2 aromatic heterocycles. The molecule has 0 saturated carbocycles. The standard InChI is InChI=1S/C32H43N3O3S/c1-6-24-8-7-12-35(24)31(38)32(4,5)27-19-26-25(11-15-34-13-9-22(10-14-34)30(36)37)28(33-29(26)39-27)23-17-20(2)16-21(3)18-23/h16-19,22,24,33H,6-15H2,1-5H3,(H,36,37). The van der Waals surface area contributed by atoms with E-state index in [1.165, 1.54) is 33.3 Å². The maximum absolute atomic E-state index is 13.8. The Morgan fingerprint density at radius 2 is 1.74 bits per heavy atom. The number of benzene rings is 1. The van der Waals surface area contributed by atoms with Crippen LogP contribution in [0.1, 0.15) is 74.4 Å². The van der Waals surface area contributed by atoms with Gasteiger partial charge in [-0.15, -0.1) is 11.3 Å². The molecule has 4 heterocycles. The second-order valence-electron chi connectivity index (χ2n) is 12.2. The summed E-state index contributed by atoms with van der Waals surface area (Å²) in [6.07, 6.45) is 5.54. The van der Waals surface area contributed by atoms with Crippen molar-refractivity contribution in [1.82, 2.24) is 14.8 Å². The molecule has 2 saturated heterocycles. The van der Waals surface area contributed by atoms with Gasteiger partial charge >= 0.3 is 5.97 Å². The van der Waals surface area contributed by atoms with Gasteiger partial charge in [0.1, 0.15) is 4.83 Å². The number of aromatic nitrogens is 1. The fourth-order valence-electron chi connectivity index (χ4n) is 6.63. The number of carbonyl (C=O) groups excluding carboxylic acids is 1. The highest BCUT2D eigenvalue weighted by Gasteiger charge is 2.39. The molecule has 0 spiro atoms. The van der Waals surface area contributed by atoms with E-state index >= 15 is 0 Å². The number of thiophene rings is 1. The first-order valence-corrected chi connectivity index (χ1v) is 15.4. The molecule has 210 valence electrons. The number of carbonyl (C=O) groups is 2. The first-order chi connectivity index (χ1) is 18.6. The smallest absolute Gasteiger partial charge is 0.306 e. The summed E-state index contributed by atoms with van der Waals surface area (Å²) in [5.41, 5.74) is 5.59. The summed E-state index contributed by atoms with van der Waals surface area (Å²) in [6, 6.07) is 9.32. The molecule has 0 radical (unpaired) electrons. The Bertz CT molecular complexity index is 1340. The van der Waals surface area contributed by atoms with Crippen LogP contribution in [0.5, 0.6) is 0 Å². The highest BCUT2D eigenvalue weighted by atomic mass is 32.1. The summed E-state index contributed by atoms with van der Waals surface area (Å²) >= 11 is 1.72. The fraction of sp³-hybridized carbons (Fsp3) is 0.562. The first kappa shape index (κ1) is 27.9. The van der Waals surface area contributed by atoms with Gasteiger partial charge in [-0.25, -0.2) is 0 Å². The largest absolute Gasteiger partial charge is 0.481 e. The Labute approximate surface area is 236 Å². The van der Waals surface area contributed by atoms with E-state index in [1.807, 2.05) is 0 Å². The maximum atomic E-state index is 13.8. The number of hydrogen-bond donors (Lipinski definition) is 2. The van der Waals surface area contributed by atoms with Crippen molar-refractivity contribution in [1.29, 1.82) is 0 Å². The van der Waals surface area contributed by atoms with Gasteiger partial charge in [0.15, 0.2) is 0 Å². The van der Waals surface area contributed by atoms with Crippen molar-refractivity contribution in [2.24, 2.45) is 5.92 Å². The lowest BCUT2D eigenvalue weighted by molar-refractivity contribution is -0.143. The minimum absolute atomic E-state index is 0.215. The van der Waals surface area contributed by atoms with Crippen LogP contribution in [-0.2, 0) is 21.4 Å². The van der Waals surface area contributed by atoms with Gasteiger partial charge in [-0.2, -0.15) is 0 Å². The number of hydrogen-bond acceptors (Lipinski definition) is 4. The molecule has 0 bridgehead atoms. The molecule has 2 N–H and O–H groups in total. The van der Waals surface area contributed by atoms with Crippen LogP contribution in [0.4, 0.5) is 0 Å². The highest BCUT2D eigenvalue weighted by molar-refractivity contribution is 7.19. The summed E-state index contributed by atoms with van der Waals surface area (Å²) in [7, 11) is 0. The van der Waals surface area contributed by atoms with Crippen molar-refractivity contribution in [2.75, 3.05) is 26.2 Å². The van der Waals surface area contributed by atoms with Gasteiger partial charge in [-0.05, 0) is 109 Å². The molecular weight excluding hydrogens is 506 g/mol. The number of nitrogens with zero attached hydrogens (tertiary/aromatic N) is 2. The number of carboxylic acid groups (broad SMARTS) is 1. The molecule has 0 aliphatic carbocycles. The van der Waals surface area contributed by atoms with Crippen molar-refractivity contribution in [2.45, 2.75) is 84.6 Å². The van der Waals surface area contributed by atoms with Crippen LogP contribution in [0.25, 0.3) is 21.5 Å². The number of aromatic amines is 1. The first-order valence-electron chi connectivity index (χ1n) is 14.6. The monoisotopic (exact) mass is 549 g/mol. The van der Waals surface area contributed by atoms with Crippen molar-refractivity contribution in [3.8, 4) is 11.3 Å². The molecule has 1 atom stereocenters. The molecule has 1 amide bonds. The quantitative estimate of drug-likeness (QED) is 0.335. The molecule has 2 fully saturated rings. The number of H-pyrrole nitrogens is 1. The van der Waals surface area contributed by atoms with Gasteiger partial charge in [-0.1, -0.05) is 24.1 Å². The number of piperidine rings is 1. The molecule has 39 heavy (non-hydrogen) atoms. The van der Waals surface area contributed by atoms with Crippen LogP contribution in [-0.4, -0.2) is 64.0 Å². The van der Waals surface area contributed by atoms with Gasteiger partial charge in [0.05, 0.1) is 17.0 Å². The Balaban J connectivity index is 1.47. The third-order valence-corrected chi connectivity index (χ3v) is 10.4. The summed E-state index contributed by atoms with van der Waals surface area (Å²) in [4.78, 5) is 35.7. The number of nitrogens with one attached hydrogen (secondary N) is 1. The van der Waals surface area contributed by atoms with Crippen molar-refractivity contribution < 1.29 is 14.7 Å². The Morgan fingerprint density at radius 1 is 1.05 bits per heavy atom. The van der Waals surface area contributed by atoms with Crippen LogP contribution in [0.15, 0.2) is 24.3 Å². The van der Waals surface area contributed by atoms with Crippen LogP contribution in [0, 0.1) is 19.8 Å². The molecule has 5 rings (SSSR count). The zero-order valence-electron chi connectivity index (χ0n) is 24.1. The highest BCUT2D eigenvalue weighted by Crippen LogP contribution is 2.42. The Morgan fingerprint density at radius 3 is 2.38 bits per heavy atom. The van der Waals surface area contributed by atoms with Gasteiger partial charge in [0.2, 0.25) is 5.91 Å². The number of aryl methyl sites for hydroxylation is 2. The summed E-state index contributed by atoms with van der Waals surface area (Å²) in [5.74, 6) is -0.637. The lowest BCUT2D eigenvalue weighted by Gasteiger charge is -2.32. The van der Waals surface area contributed by atoms with Crippen molar-refractivity contribution in [3.05, 3.63) is 45.8 Å². The molecule has 2 aliphatic rings. The maximum Gasteiger partial charge on any atom is 0.306 e. The number of likely N-dealkylation sites (tertiary alicyclic amines) is 2. The second-order valence-corrected chi connectivity index (χ2v) is 13.3. The lowest BCUT2D eigenvalue weighted by atomic mass is 9.88. The molecule has 1 unspecified atom stereocenters. The zero-order chi connectivity index (χ0) is 27.9. The minimum Gasteiger partial charge on any atom is -0.481 e. The third kappa shape index (κ3) is 5.53. The molecule has 3 aromatic rings. The molecule has 1 aromatic carbocycles. The average Bonchev–Trinajstić information content (AvgIpc) is 3.61. The van der Waals surface area contributed by atoms with Crippen molar-refractivity contribution in [3.63, 3.8) is 0 Å². The van der Waals surface area contributed by atoms with E-state index < -0.39 is 11.4 Å². The summed E-state index contributed by atoms with van der Waals surface area (Å²) < 4.78 is 0. The van der Waals surface area contributed by atoms with E-state index in [4.69, 9.17) is 0 Å². The van der Waals surface area contributed by atoms with Gasteiger partial charge in [0, 0.05) is 29.4 Å². The van der Waals surface area contributed by atoms with E-state index in [0.29, 0.717) is 6.04 Å². The van der Waals surface area contributed by atoms with Gasteiger partial charge in [-0.3, -0.25) is 9.59 Å². The normalized spacial score (nSPS) is 19.3. The fourth-order valence-corrected chi connectivity index (χ4v) is 7.81. The SMILES string of the molecule is CCC1CCCN1C(=O)C(C)(C)c1cc2c(CCN3CCC(C(=O)O)CC3)c(-c3cc(C)cc(C)c3)[nH]c2s1. The number of fused-ring (bicyclic) bond motifs is 1. The predicted octanol–water partition coefficient (Wildman–Crippen LogP) is 6.53. The van der Waals surface area contributed by atoms with Gasteiger partial charge < -0.3 is 19.9 Å². The number of aliphatic carboxylic acids is 1. The van der Waals surface area contributed by atoms with Crippen LogP contribution in [0.3, 0.4) is 0 Å². The average molecular weight is 550 g/mol. The van der Waals surface area contributed by atoms with E-state index in [0.717, 1.165) is 74.4 Å². The third-order valence-electron chi connectivity index (χ3n) is 8.98. The van der Waals surface area contributed by atoms with Crippen LogP contribution >= 0.6 is 11.3 Å². The summed E-state index contributed by atoms with van der Waals surface area (Å²) in [6.45, 7) is 14.1. The van der Waals surface area contributed by atoms with E-state index in [2.05, 4.69) is 73.7 Å². The number of rotatable bonds is 8. The predicted molar refractivity (Wildman–Crippen MR) is 160 cm³/mol. The lowest BCUT2D eigenvalue weighted by Crippen LogP contribution is -2.45. The Kier molecular flexibility index (Phi) is 7.93. The van der Waals surface area contributed by atoms with Crippen molar-refractivity contribution >= 4 is 33.4 Å². The molecule has 6 nitrogen and oxygen atoms in total. The minimum atomic E-state index is -0.666. The van der Waals surface area contributed by atoms with E-state index in [-0.39, 0.29) is 11.8 Å². The number of carboxylic acids is 1. The van der Waals surface area contributed by atoms with E-state index in [1.54, 1.807) is 11.3 Å². The van der Waals surface area contributed by atoms with Gasteiger partial charge in [0.25, 0.3) is 0 Å². The summed E-state index contributed by atoms with van der Waals surface area (Å²) in [5, 5.41) is 10.6. The van der Waals surface area contributed by atoms with Crippen LogP contribution < -0.4 is 0 Å². The molecular formula is C32H43N3O3S. The van der Waals surface area contributed by atoms with E-state index in [9.17, 15) is 14.7 Å². The molecule has 7 heteroatoms. The second kappa shape index (κ2) is 11.1. The van der Waals surface area contributed by atoms with Crippen LogP contribution in [0.2, 0.25) is 0 Å². The number of amides is 1. The Hall–Kier alpha value is -2.64. The molecule has 2 aliphatic heterocycles.